The van der Waals surface area contributed by atoms with Crippen molar-refractivity contribution in [3.63, 3.8) is 0 Å². The fourth-order valence-corrected chi connectivity index (χ4v) is 1.00. The van der Waals surface area contributed by atoms with Gasteiger partial charge < -0.3 is 4.74 Å². The summed E-state index contributed by atoms with van der Waals surface area (Å²) in [5.74, 6) is 0. The van der Waals surface area contributed by atoms with Crippen molar-refractivity contribution >= 4 is 6.16 Å². The molecule has 0 amide bonds. The molecule has 0 saturated heterocycles. The lowest BCUT2D eigenvalue weighted by molar-refractivity contribution is -0.319. The van der Waals surface area contributed by atoms with Crippen molar-refractivity contribution in [2.75, 3.05) is 0 Å². The zero-order valence-electron chi connectivity index (χ0n) is 9.62. The van der Waals surface area contributed by atoms with Crippen LogP contribution in [-0.4, -0.2) is 17.9 Å². The van der Waals surface area contributed by atoms with Gasteiger partial charge in [0.1, 0.15) is 5.60 Å². The van der Waals surface area contributed by atoms with Crippen molar-refractivity contribution in [2.24, 2.45) is 0 Å². The molecule has 0 fully saturated rings. The van der Waals surface area contributed by atoms with Crippen LogP contribution in [-0.2, 0) is 14.5 Å². The van der Waals surface area contributed by atoms with E-state index < -0.39 is 11.8 Å². The maximum Gasteiger partial charge on any atom is 0.540 e. The van der Waals surface area contributed by atoms with E-state index in [1.54, 1.807) is 13.8 Å². The Bertz CT molecular complexity index is 175. The first-order valence-electron chi connectivity index (χ1n) is 4.93. The maximum absolute atomic E-state index is 10.9. The first kappa shape index (κ1) is 13.2. The molecule has 0 heterocycles. The molecule has 0 atom stereocenters. The van der Waals surface area contributed by atoms with Crippen molar-refractivity contribution < 1.29 is 19.3 Å². The molecule has 4 heteroatoms. The average Bonchev–Trinajstić information content (AvgIpc) is 2.00. The molecule has 0 aromatic carbocycles. The van der Waals surface area contributed by atoms with Gasteiger partial charge in [-0.05, 0) is 34.1 Å². The summed E-state index contributed by atoms with van der Waals surface area (Å²) in [5.41, 5.74) is -0.454. The molecule has 0 bridgehead atoms. The average molecular weight is 204 g/mol. The third-order valence-electron chi connectivity index (χ3n) is 1.52. The third kappa shape index (κ3) is 6.71. The summed E-state index contributed by atoms with van der Waals surface area (Å²) in [7, 11) is 0. The third-order valence-corrected chi connectivity index (χ3v) is 1.52. The molecule has 0 radical (unpaired) electrons. The van der Waals surface area contributed by atoms with Gasteiger partial charge in [-0.1, -0.05) is 13.3 Å². The Balaban J connectivity index is 3.75. The van der Waals surface area contributed by atoms with Crippen LogP contribution < -0.4 is 0 Å². The fourth-order valence-electron chi connectivity index (χ4n) is 1.00. The first-order chi connectivity index (χ1) is 6.37. The number of hydrogen-bond acceptors (Lipinski definition) is 4. The summed E-state index contributed by atoms with van der Waals surface area (Å²) < 4.78 is 4.74. The van der Waals surface area contributed by atoms with Gasteiger partial charge in [0, 0.05) is 0 Å². The lowest BCUT2D eigenvalue weighted by Crippen LogP contribution is -2.26. The maximum atomic E-state index is 10.9. The van der Waals surface area contributed by atoms with E-state index >= 15 is 0 Å². The highest BCUT2D eigenvalue weighted by molar-refractivity contribution is 5.59. The molecule has 14 heavy (non-hydrogen) atoms. The van der Waals surface area contributed by atoms with Gasteiger partial charge in [-0.3, -0.25) is 4.89 Å². The number of ether oxygens (including phenoxy) is 1. The van der Waals surface area contributed by atoms with Gasteiger partial charge in [0.15, 0.2) is 0 Å². The predicted octanol–water partition coefficient (Wildman–Crippen LogP) is 3.06. The fraction of sp³-hybridized carbons (Fsp3) is 0.900. The Labute approximate surface area is 85.5 Å². The molecular formula is C10H20O4. The zero-order chi connectivity index (χ0) is 11.2. The van der Waals surface area contributed by atoms with Crippen LogP contribution >= 0.6 is 0 Å². The Morgan fingerprint density at radius 3 is 2.36 bits per heavy atom. The normalized spacial score (nSPS) is 11.6. The van der Waals surface area contributed by atoms with Crippen LogP contribution in [0, 0.1) is 0 Å². The van der Waals surface area contributed by atoms with Crippen LogP contribution in [0.1, 0.15) is 47.5 Å². The van der Waals surface area contributed by atoms with Gasteiger partial charge in [-0.2, -0.15) is 4.89 Å². The Hall–Kier alpha value is -0.770. The smallest absolute Gasteiger partial charge is 0.430 e. The van der Waals surface area contributed by atoms with E-state index in [1.165, 1.54) is 0 Å². The van der Waals surface area contributed by atoms with Crippen LogP contribution in [0.15, 0.2) is 0 Å². The SMILES string of the molecule is CCCC(C)(C)OOC(=O)OC(C)C. The highest BCUT2D eigenvalue weighted by Crippen LogP contribution is 2.16. The van der Waals surface area contributed by atoms with Crippen molar-refractivity contribution in [3.05, 3.63) is 0 Å². The second-order valence-electron chi connectivity index (χ2n) is 4.09. The van der Waals surface area contributed by atoms with Crippen molar-refractivity contribution in [3.8, 4) is 0 Å². The van der Waals surface area contributed by atoms with E-state index in [0.29, 0.717) is 0 Å². The monoisotopic (exact) mass is 204 g/mol. The molecule has 0 aromatic rings. The quantitative estimate of drug-likeness (QED) is 0.392. The van der Waals surface area contributed by atoms with E-state index in [0.717, 1.165) is 12.8 Å². The molecule has 0 N–H and O–H groups in total. The number of hydrogen-bond donors (Lipinski definition) is 0. The summed E-state index contributed by atoms with van der Waals surface area (Å²) in [6, 6.07) is 0. The summed E-state index contributed by atoms with van der Waals surface area (Å²) in [4.78, 5) is 20.4. The second kappa shape index (κ2) is 5.86. The minimum Gasteiger partial charge on any atom is -0.430 e. The highest BCUT2D eigenvalue weighted by Gasteiger charge is 2.21. The summed E-state index contributed by atoms with van der Waals surface area (Å²) in [6.45, 7) is 9.26. The van der Waals surface area contributed by atoms with Crippen LogP contribution in [0.2, 0.25) is 0 Å². The molecular weight excluding hydrogens is 184 g/mol. The molecule has 0 spiro atoms. The highest BCUT2D eigenvalue weighted by atomic mass is 17.2. The van der Waals surface area contributed by atoms with Gasteiger partial charge in [0.05, 0.1) is 6.10 Å². The molecule has 4 nitrogen and oxygen atoms in total. The minimum absolute atomic E-state index is 0.194. The molecule has 0 aliphatic heterocycles. The molecule has 0 unspecified atom stereocenters. The number of carbonyl (C=O) groups excluding carboxylic acids is 1. The van der Waals surface area contributed by atoms with E-state index in [-0.39, 0.29) is 6.10 Å². The zero-order valence-corrected chi connectivity index (χ0v) is 9.62. The Morgan fingerprint density at radius 1 is 1.36 bits per heavy atom. The van der Waals surface area contributed by atoms with E-state index in [9.17, 15) is 4.79 Å². The predicted molar refractivity (Wildman–Crippen MR) is 52.8 cm³/mol. The lowest BCUT2D eigenvalue weighted by atomic mass is 10.0. The van der Waals surface area contributed by atoms with E-state index in [4.69, 9.17) is 9.62 Å². The van der Waals surface area contributed by atoms with Gasteiger partial charge in [-0.15, -0.1) is 0 Å². The lowest BCUT2D eigenvalue weighted by Gasteiger charge is -2.21. The molecule has 0 rings (SSSR count). The van der Waals surface area contributed by atoms with Crippen molar-refractivity contribution in [2.45, 2.75) is 59.2 Å². The van der Waals surface area contributed by atoms with E-state index in [2.05, 4.69) is 4.89 Å². The van der Waals surface area contributed by atoms with Crippen LogP contribution in [0.4, 0.5) is 4.79 Å². The Morgan fingerprint density at radius 2 is 1.93 bits per heavy atom. The molecule has 0 aromatic heterocycles. The summed E-state index contributed by atoms with van der Waals surface area (Å²) >= 11 is 0. The van der Waals surface area contributed by atoms with Gasteiger partial charge in [0.2, 0.25) is 0 Å². The van der Waals surface area contributed by atoms with Crippen molar-refractivity contribution in [1.82, 2.24) is 0 Å². The van der Waals surface area contributed by atoms with Gasteiger partial charge >= 0.3 is 6.16 Å². The first-order valence-corrected chi connectivity index (χ1v) is 4.93. The molecule has 0 saturated carbocycles. The Kier molecular flexibility index (Phi) is 5.53. The van der Waals surface area contributed by atoms with Gasteiger partial charge in [-0.25, -0.2) is 4.79 Å². The topological polar surface area (TPSA) is 44.8 Å². The summed E-state index contributed by atoms with van der Waals surface area (Å²) in [5, 5.41) is 0. The standard InChI is InChI=1S/C10H20O4/c1-6-7-10(4,5)14-13-9(11)12-8(2)3/h8H,6-7H2,1-5H3. The number of rotatable bonds is 5. The second-order valence-corrected chi connectivity index (χ2v) is 4.09. The molecule has 0 aliphatic carbocycles. The van der Waals surface area contributed by atoms with Gasteiger partial charge in [0.25, 0.3) is 0 Å². The summed E-state index contributed by atoms with van der Waals surface area (Å²) in [6.07, 6.45) is 0.807. The molecule has 84 valence electrons. The molecule has 0 aliphatic rings. The van der Waals surface area contributed by atoms with E-state index in [1.807, 2.05) is 20.8 Å². The van der Waals surface area contributed by atoms with Crippen LogP contribution in [0.25, 0.3) is 0 Å². The van der Waals surface area contributed by atoms with Crippen LogP contribution in [0.3, 0.4) is 0 Å². The number of carbonyl (C=O) groups is 1. The van der Waals surface area contributed by atoms with Crippen molar-refractivity contribution in [1.29, 1.82) is 0 Å². The van der Waals surface area contributed by atoms with Crippen LogP contribution in [0.5, 0.6) is 0 Å². The minimum atomic E-state index is -0.788. The largest absolute Gasteiger partial charge is 0.540 e.